The minimum Gasteiger partial charge on any atom is -0.496 e. The summed E-state index contributed by atoms with van der Waals surface area (Å²) in [6.45, 7) is 1.08. The van der Waals surface area contributed by atoms with Crippen molar-refractivity contribution in [2.24, 2.45) is 0 Å². The molecule has 31 heavy (non-hydrogen) atoms. The smallest absolute Gasteiger partial charge is 0.174 e. The lowest BCUT2D eigenvalue weighted by atomic mass is 10.1. The first-order chi connectivity index (χ1) is 15.0. The Balaban J connectivity index is 1.90. The molecule has 0 fully saturated rings. The first-order valence-corrected chi connectivity index (χ1v) is 10.7. The number of pyridine rings is 1. The molecule has 0 aliphatic heterocycles. The number of hydrogen-bond acceptors (Lipinski definition) is 5. The largest absolute Gasteiger partial charge is 0.496 e. The van der Waals surface area contributed by atoms with Crippen LogP contribution in [-0.4, -0.2) is 36.3 Å². The van der Waals surface area contributed by atoms with Gasteiger partial charge < -0.3 is 24.4 Å². The number of nitrogens with zero attached hydrogens (tertiary/aromatic N) is 2. The number of methoxy groups -OCH3 is 3. The van der Waals surface area contributed by atoms with Crippen molar-refractivity contribution in [3.63, 3.8) is 0 Å². The molecule has 0 atom stereocenters. The Bertz CT molecular complexity index is 1020. The van der Waals surface area contributed by atoms with E-state index in [0.29, 0.717) is 35.5 Å². The summed E-state index contributed by atoms with van der Waals surface area (Å²) in [6, 6.07) is 15.5. The Hall–Kier alpha value is -2.84. The van der Waals surface area contributed by atoms with Gasteiger partial charge in [-0.15, -0.1) is 0 Å². The number of benzene rings is 2. The minimum absolute atomic E-state index is 0.501. The van der Waals surface area contributed by atoms with E-state index in [9.17, 15) is 0 Å². The van der Waals surface area contributed by atoms with Crippen LogP contribution < -0.4 is 19.5 Å². The molecule has 8 heteroatoms. The van der Waals surface area contributed by atoms with Crippen LogP contribution in [0.3, 0.4) is 0 Å². The first-order valence-electron chi connectivity index (χ1n) is 9.53. The monoisotopic (exact) mass is 501 g/mol. The molecule has 0 unspecified atom stereocenters. The first kappa shape index (κ1) is 22.8. The number of halogens is 1. The Morgan fingerprint density at radius 1 is 0.968 bits per heavy atom. The van der Waals surface area contributed by atoms with Gasteiger partial charge in [0.05, 0.1) is 21.3 Å². The van der Waals surface area contributed by atoms with Gasteiger partial charge in [0.15, 0.2) is 16.6 Å². The summed E-state index contributed by atoms with van der Waals surface area (Å²) < 4.78 is 17.5. The molecule has 0 aliphatic carbocycles. The highest BCUT2D eigenvalue weighted by Gasteiger charge is 2.18. The number of hydrogen-bond donors (Lipinski definition) is 1. The lowest BCUT2D eigenvalue weighted by Gasteiger charge is -2.27. The molecule has 3 aromatic rings. The van der Waals surface area contributed by atoms with Crippen molar-refractivity contribution in [1.29, 1.82) is 0 Å². The second-order valence-electron chi connectivity index (χ2n) is 6.67. The fourth-order valence-electron chi connectivity index (χ4n) is 3.07. The maximum absolute atomic E-state index is 5.76. The lowest BCUT2D eigenvalue weighted by molar-refractivity contribution is 0.341. The van der Waals surface area contributed by atoms with E-state index in [2.05, 4.69) is 31.1 Å². The summed E-state index contributed by atoms with van der Waals surface area (Å²) in [6.07, 6.45) is 3.59. The quantitative estimate of drug-likeness (QED) is 0.422. The molecule has 0 aliphatic rings. The third-order valence-electron chi connectivity index (χ3n) is 4.63. The second kappa shape index (κ2) is 11.0. The Morgan fingerprint density at radius 2 is 1.65 bits per heavy atom. The molecule has 0 spiro atoms. The molecule has 0 saturated carbocycles. The standard InChI is InChI=1S/C23H24BrN3O3S/c1-28-20-12-22(30-3)21(29-2)11-17(20)15-27(14-16-5-4-10-25-13-16)23(31)26-19-8-6-18(24)7-9-19/h4-13H,14-15H2,1-3H3,(H,26,31). The molecule has 162 valence electrons. The zero-order valence-corrected chi connectivity index (χ0v) is 20.0. The molecule has 6 nitrogen and oxygen atoms in total. The van der Waals surface area contributed by atoms with Crippen LogP contribution >= 0.6 is 28.1 Å². The molecule has 0 radical (unpaired) electrons. The third-order valence-corrected chi connectivity index (χ3v) is 5.52. The van der Waals surface area contributed by atoms with Crippen molar-refractivity contribution in [3.05, 3.63) is 76.5 Å². The van der Waals surface area contributed by atoms with Crippen molar-refractivity contribution in [3.8, 4) is 17.2 Å². The van der Waals surface area contributed by atoms with E-state index in [-0.39, 0.29) is 0 Å². The highest BCUT2D eigenvalue weighted by molar-refractivity contribution is 9.10. The van der Waals surface area contributed by atoms with Crippen molar-refractivity contribution in [1.82, 2.24) is 9.88 Å². The molecule has 3 rings (SSSR count). The van der Waals surface area contributed by atoms with E-state index < -0.39 is 0 Å². The van der Waals surface area contributed by atoms with Gasteiger partial charge in [-0.2, -0.15) is 0 Å². The molecule has 2 aromatic carbocycles. The molecule has 1 N–H and O–H groups in total. The molecule has 0 bridgehead atoms. The van der Waals surface area contributed by atoms with E-state index in [1.165, 1.54) is 0 Å². The number of rotatable bonds is 8. The number of thiocarbonyl (C=S) groups is 1. The zero-order valence-electron chi connectivity index (χ0n) is 17.6. The van der Waals surface area contributed by atoms with Crippen LogP contribution in [0.5, 0.6) is 17.2 Å². The molecule has 1 aromatic heterocycles. The number of anilines is 1. The fourth-order valence-corrected chi connectivity index (χ4v) is 3.58. The average molecular weight is 502 g/mol. The molecule has 0 amide bonds. The van der Waals surface area contributed by atoms with Gasteiger partial charge in [-0.05, 0) is 54.2 Å². The summed E-state index contributed by atoms with van der Waals surface area (Å²) in [5, 5.41) is 3.90. The van der Waals surface area contributed by atoms with Gasteiger partial charge in [0.1, 0.15) is 5.75 Å². The van der Waals surface area contributed by atoms with E-state index in [1.54, 1.807) is 27.5 Å². The zero-order chi connectivity index (χ0) is 22.2. The molecular formula is C23H24BrN3O3S. The fraction of sp³-hybridized carbons (Fsp3) is 0.217. The van der Waals surface area contributed by atoms with Gasteiger partial charge in [0.25, 0.3) is 0 Å². The van der Waals surface area contributed by atoms with Crippen LogP contribution in [-0.2, 0) is 13.1 Å². The van der Waals surface area contributed by atoms with Crippen LogP contribution in [0.4, 0.5) is 5.69 Å². The van der Waals surface area contributed by atoms with Gasteiger partial charge in [0.2, 0.25) is 0 Å². The van der Waals surface area contributed by atoms with E-state index >= 15 is 0 Å². The van der Waals surface area contributed by atoms with Crippen LogP contribution in [0.15, 0.2) is 65.4 Å². The van der Waals surface area contributed by atoms with Crippen LogP contribution in [0.25, 0.3) is 0 Å². The molecule has 0 saturated heterocycles. The van der Waals surface area contributed by atoms with Crippen molar-refractivity contribution in [2.45, 2.75) is 13.1 Å². The van der Waals surface area contributed by atoms with Gasteiger partial charge >= 0.3 is 0 Å². The van der Waals surface area contributed by atoms with Crippen molar-refractivity contribution < 1.29 is 14.2 Å². The summed E-state index contributed by atoms with van der Waals surface area (Å²) in [5.41, 5.74) is 2.87. The van der Waals surface area contributed by atoms with Gasteiger partial charge in [-0.3, -0.25) is 4.98 Å². The number of aromatic nitrogens is 1. The predicted molar refractivity (Wildman–Crippen MR) is 130 cm³/mol. The summed E-state index contributed by atoms with van der Waals surface area (Å²) >= 11 is 9.22. The van der Waals surface area contributed by atoms with E-state index in [4.69, 9.17) is 26.4 Å². The molecule has 1 heterocycles. The minimum atomic E-state index is 0.501. The Labute approximate surface area is 196 Å². The number of ether oxygens (including phenoxy) is 3. The van der Waals surface area contributed by atoms with Crippen LogP contribution in [0.1, 0.15) is 11.1 Å². The predicted octanol–water partition coefficient (Wildman–Crippen LogP) is 5.27. The summed E-state index contributed by atoms with van der Waals surface area (Å²) in [7, 11) is 4.85. The summed E-state index contributed by atoms with van der Waals surface area (Å²) in [4.78, 5) is 6.28. The van der Waals surface area contributed by atoms with E-state index in [0.717, 1.165) is 21.3 Å². The number of nitrogens with one attached hydrogen (secondary N) is 1. The van der Waals surface area contributed by atoms with Crippen molar-refractivity contribution >= 4 is 38.9 Å². The maximum Gasteiger partial charge on any atom is 0.174 e. The highest BCUT2D eigenvalue weighted by atomic mass is 79.9. The van der Waals surface area contributed by atoms with Gasteiger partial charge in [-0.1, -0.05) is 22.0 Å². The van der Waals surface area contributed by atoms with Gasteiger partial charge in [-0.25, -0.2) is 0 Å². The lowest BCUT2D eigenvalue weighted by Crippen LogP contribution is -2.34. The topological polar surface area (TPSA) is 55.9 Å². The van der Waals surface area contributed by atoms with Gasteiger partial charge in [0, 0.05) is 47.3 Å². The Kier molecular flexibility index (Phi) is 8.08. The van der Waals surface area contributed by atoms with Crippen molar-refractivity contribution in [2.75, 3.05) is 26.6 Å². The average Bonchev–Trinajstić information content (AvgIpc) is 2.80. The highest BCUT2D eigenvalue weighted by Crippen LogP contribution is 2.35. The SMILES string of the molecule is COc1cc(OC)c(OC)cc1CN(Cc1cccnc1)C(=S)Nc1ccc(Br)cc1. The third kappa shape index (κ3) is 6.08. The summed E-state index contributed by atoms with van der Waals surface area (Å²) in [5.74, 6) is 1.93. The Morgan fingerprint density at radius 3 is 2.26 bits per heavy atom. The second-order valence-corrected chi connectivity index (χ2v) is 7.98. The van der Waals surface area contributed by atoms with Crippen LogP contribution in [0.2, 0.25) is 0 Å². The normalized spacial score (nSPS) is 10.3. The van der Waals surface area contributed by atoms with E-state index in [1.807, 2.05) is 54.7 Å². The maximum atomic E-state index is 5.76. The van der Waals surface area contributed by atoms with Crippen LogP contribution in [0, 0.1) is 0 Å². The molecular weight excluding hydrogens is 478 g/mol.